The number of rotatable bonds is 3. The van der Waals surface area contributed by atoms with E-state index in [4.69, 9.17) is 23.1 Å². The number of thiazole rings is 1. The van der Waals surface area contributed by atoms with Gasteiger partial charge in [0.1, 0.15) is 5.01 Å². The van der Waals surface area contributed by atoms with Crippen LogP contribution in [-0.4, -0.2) is 15.2 Å². The maximum Gasteiger partial charge on any atom is 0.168 e. The zero-order valence-corrected chi connectivity index (χ0v) is 10.5. The van der Waals surface area contributed by atoms with Crippen molar-refractivity contribution in [2.24, 2.45) is 5.73 Å². The van der Waals surface area contributed by atoms with Gasteiger partial charge in [-0.05, 0) is 24.4 Å². The number of para-hydroxylation sites is 1. The van der Waals surface area contributed by atoms with Crippen LogP contribution in [0.1, 0.15) is 5.69 Å². The van der Waals surface area contributed by atoms with Gasteiger partial charge in [-0.2, -0.15) is 0 Å². The van der Waals surface area contributed by atoms with Crippen LogP contribution in [0.5, 0.6) is 0 Å². The number of nitrogens with two attached hydrogens (primary N) is 1. The minimum Gasteiger partial charge on any atom is -0.390 e. The summed E-state index contributed by atoms with van der Waals surface area (Å²) in [5.41, 5.74) is 7.87. The molecule has 1 heterocycles. The summed E-state index contributed by atoms with van der Waals surface area (Å²) in [5.74, 6) is 0. The lowest BCUT2D eigenvalue weighted by atomic mass is 10.2. The lowest BCUT2D eigenvalue weighted by Gasteiger charge is -2.08. The van der Waals surface area contributed by atoms with Crippen molar-refractivity contribution in [2.45, 2.75) is 6.61 Å². The molecule has 0 radical (unpaired) electrons. The van der Waals surface area contributed by atoms with Crippen molar-refractivity contribution >= 4 is 34.4 Å². The summed E-state index contributed by atoms with van der Waals surface area (Å²) < 4.78 is 0. The van der Waals surface area contributed by atoms with E-state index in [2.05, 4.69) is 10.3 Å². The summed E-state index contributed by atoms with van der Waals surface area (Å²) in [5, 5.41) is 14.8. The van der Waals surface area contributed by atoms with Crippen LogP contribution in [0, 0.1) is 0 Å². The van der Waals surface area contributed by atoms with Gasteiger partial charge in [-0.25, -0.2) is 4.98 Å². The molecule has 0 aliphatic rings. The van der Waals surface area contributed by atoms with Gasteiger partial charge in [0, 0.05) is 10.9 Å². The first-order valence-electron chi connectivity index (χ1n) is 4.92. The average Bonchev–Trinajstić information content (AvgIpc) is 2.77. The van der Waals surface area contributed by atoms with E-state index in [0.717, 1.165) is 16.3 Å². The number of aliphatic hydroxyl groups is 1. The number of hydrogen-bond acceptors (Lipinski definition) is 4. The standard InChI is InChI=1S/C11H11N3OS2/c12-11(16)14-9-4-2-1-3-8(9)10-13-7(5-15)6-17-10/h1-4,6,15H,5H2,(H3,12,14,16). The second kappa shape index (κ2) is 5.22. The smallest absolute Gasteiger partial charge is 0.168 e. The zero-order chi connectivity index (χ0) is 12.3. The number of nitrogens with one attached hydrogen (secondary N) is 1. The number of aliphatic hydroxyl groups excluding tert-OH is 1. The van der Waals surface area contributed by atoms with Crippen molar-refractivity contribution in [2.75, 3.05) is 5.32 Å². The maximum absolute atomic E-state index is 9.00. The van der Waals surface area contributed by atoms with Crippen molar-refractivity contribution in [1.82, 2.24) is 4.98 Å². The molecule has 6 heteroatoms. The Labute approximate surface area is 108 Å². The van der Waals surface area contributed by atoms with Crippen LogP contribution in [-0.2, 0) is 6.61 Å². The minimum atomic E-state index is -0.0542. The number of anilines is 1. The van der Waals surface area contributed by atoms with E-state index in [1.54, 1.807) is 0 Å². The average molecular weight is 265 g/mol. The summed E-state index contributed by atoms with van der Waals surface area (Å²) in [4.78, 5) is 4.31. The molecule has 0 amide bonds. The van der Waals surface area contributed by atoms with Gasteiger partial charge in [0.2, 0.25) is 0 Å². The fourth-order valence-electron chi connectivity index (χ4n) is 1.41. The molecule has 0 aliphatic carbocycles. The Morgan fingerprint density at radius 3 is 2.88 bits per heavy atom. The van der Waals surface area contributed by atoms with E-state index in [1.807, 2.05) is 29.6 Å². The number of thiocarbonyl (C=S) groups is 1. The molecular weight excluding hydrogens is 254 g/mol. The lowest BCUT2D eigenvalue weighted by Crippen LogP contribution is -2.19. The predicted molar refractivity (Wildman–Crippen MR) is 73.9 cm³/mol. The van der Waals surface area contributed by atoms with Gasteiger partial charge >= 0.3 is 0 Å². The van der Waals surface area contributed by atoms with Crippen molar-refractivity contribution < 1.29 is 5.11 Å². The van der Waals surface area contributed by atoms with Gasteiger partial charge in [0.25, 0.3) is 0 Å². The highest BCUT2D eigenvalue weighted by atomic mass is 32.1. The summed E-state index contributed by atoms with van der Waals surface area (Å²) in [6.45, 7) is -0.0542. The molecule has 1 aromatic carbocycles. The Kier molecular flexibility index (Phi) is 3.68. The number of nitrogens with zero attached hydrogens (tertiary/aromatic N) is 1. The minimum absolute atomic E-state index is 0.0542. The van der Waals surface area contributed by atoms with Gasteiger partial charge < -0.3 is 16.2 Å². The number of benzene rings is 1. The van der Waals surface area contributed by atoms with Gasteiger partial charge in [-0.15, -0.1) is 11.3 Å². The van der Waals surface area contributed by atoms with E-state index < -0.39 is 0 Å². The van der Waals surface area contributed by atoms with E-state index >= 15 is 0 Å². The molecule has 2 rings (SSSR count). The predicted octanol–water partition coefficient (Wildman–Crippen LogP) is 1.96. The molecule has 4 N–H and O–H groups in total. The first-order chi connectivity index (χ1) is 8.20. The topological polar surface area (TPSA) is 71.2 Å². The van der Waals surface area contributed by atoms with Gasteiger partial charge in [-0.3, -0.25) is 0 Å². The first kappa shape index (κ1) is 12.0. The van der Waals surface area contributed by atoms with Crippen LogP contribution in [0.3, 0.4) is 0 Å². The molecule has 4 nitrogen and oxygen atoms in total. The Hall–Kier alpha value is -1.50. The molecule has 0 saturated carbocycles. The van der Waals surface area contributed by atoms with Crippen molar-refractivity contribution in [1.29, 1.82) is 0 Å². The summed E-state index contributed by atoms with van der Waals surface area (Å²) in [6.07, 6.45) is 0. The molecule has 0 atom stereocenters. The van der Waals surface area contributed by atoms with Gasteiger partial charge in [0.05, 0.1) is 18.0 Å². The monoisotopic (exact) mass is 265 g/mol. The Morgan fingerprint density at radius 1 is 1.47 bits per heavy atom. The van der Waals surface area contributed by atoms with Gasteiger partial charge in [0.15, 0.2) is 5.11 Å². The first-order valence-corrected chi connectivity index (χ1v) is 6.20. The number of hydrogen-bond donors (Lipinski definition) is 3. The molecule has 0 bridgehead atoms. The lowest BCUT2D eigenvalue weighted by molar-refractivity contribution is 0.278. The largest absolute Gasteiger partial charge is 0.390 e. The van der Waals surface area contributed by atoms with Crippen LogP contribution in [0.25, 0.3) is 10.6 Å². The SMILES string of the molecule is NC(=S)Nc1ccccc1-c1nc(CO)cs1. The second-order valence-electron chi connectivity index (χ2n) is 3.34. The molecule has 0 spiro atoms. The summed E-state index contributed by atoms with van der Waals surface area (Å²) >= 11 is 6.30. The molecule has 0 saturated heterocycles. The Balaban J connectivity index is 2.40. The summed E-state index contributed by atoms with van der Waals surface area (Å²) in [6, 6.07) is 7.62. The molecule has 88 valence electrons. The molecule has 1 aromatic heterocycles. The molecular formula is C11H11N3OS2. The quantitative estimate of drug-likeness (QED) is 0.740. The molecule has 0 aliphatic heterocycles. The van der Waals surface area contributed by atoms with E-state index in [1.165, 1.54) is 11.3 Å². The van der Waals surface area contributed by atoms with Crippen LogP contribution < -0.4 is 11.1 Å². The van der Waals surface area contributed by atoms with Crippen LogP contribution in [0.4, 0.5) is 5.69 Å². The number of aromatic nitrogens is 1. The molecule has 17 heavy (non-hydrogen) atoms. The van der Waals surface area contributed by atoms with E-state index in [0.29, 0.717) is 5.69 Å². The highest BCUT2D eigenvalue weighted by Crippen LogP contribution is 2.30. The van der Waals surface area contributed by atoms with Crippen molar-refractivity contribution in [3.05, 3.63) is 35.3 Å². The van der Waals surface area contributed by atoms with E-state index in [-0.39, 0.29) is 11.7 Å². The summed E-state index contributed by atoms with van der Waals surface area (Å²) in [7, 11) is 0. The zero-order valence-electron chi connectivity index (χ0n) is 8.88. The van der Waals surface area contributed by atoms with Crippen LogP contribution in [0.2, 0.25) is 0 Å². The third kappa shape index (κ3) is 2.79. The molecule has 0 fully saturated rings. The second-order valence-corrected chi connectivity index (χ2v) is 4.63. The Morgan fingerprint density at radius 2 is 2.24 bits per heavy atom. The highest BCUT2D eigenvalue weighted by molar-refractivity contribution is 7.80. The normalized spacial score (nSPS) is 10.2. The van der Waals surface area contributed by atoms with E-state index in [9.17, 15) is 0 Å². The third-order valence-electron chi connectivity index (χ3n) is 2.13. The molecule has 2 aromatic rings. The van der Waals surface area contributed by atoms with Gasteiger partial charge in [-0.1, -0.05) is 12.1 Å². The Bertz CT molecular complexity index is 539. The van der Waals surface area contributed by atoms with Crippen LogP contribution in [0.15, 0.2) is 29.6 Å². The maximum atomic E-state index is 9.00. The third-order valence-corrected chi connectivity index (χ3v) is 3.16. The highest BCUT2D eigenvalue weighted by Gasteiger charge is 2.09. The van der Waals surface area contributed by atoms with Crippen molar-refractivity contribution in [3.8, 4) is 10.6 Å². The van der Waals surface area contributed by atoms with Crippen molar-refractivity contribution in [3.63, 3.8) is 0 Å². The molecule has 0 unspecified atom stereocenters. The fraction of sp³-hybridized carbons (Fsp3) is 0.0909. The van der Waals surface area contributed by atoms with Crippen LogP contribution >= 0.6 is 23.6 Å². The fourth-order valence-corrected chi connectivity index (χ4v) is 2.37.